The summed E-state index contributed by atoms with van der Waals surface area (Å²) in [5.74, 6) is 0. The molecular weight excluding hydrogens is 242 g/mol. The lowest BCUT2D eigenvalue weighted by Crippen LogP contribution is -2.55. The average Bonchev–Trinajstić information content (AvgIpc) is 2.38. The number of amides is 1. The second-order valence-corrected chi connectivity index (χ2v) is 4.77. The van der Waals surface area contributed by atoms with Gasteiger partial charge in [0.25, 0.3) is 0 Å². The van der Waals surface area contributed by atoms with Gasteiger partial charge in [-0.2, -0.15) is 0 Å². The highest BCUT2D eigenvalue weighted by Gasteiger charge is 2.42. The Labute approximate surface area is 114 Å². The molecule has 104 valence electrons. The molecular formula is C15H21NO3. The highest BCUT2D eigenvalue weighted by molar-refractivity contribution is 5.90. The van der Waals surface area contributed by atoms with Gasteiger partial charge < -0.3 is 9.47 Å². The van der Waals surface area contributed by atoms with Gasteiger partial charge in [0.1, 0.15) is 5.72 Å². The Hall–Kier alpha value is -1.55. The normalized spacial score (nSPS) is 21.9. The van der Waals surface area contributed by atoms with E-state index in [9.17, 15) is 4.79 Å². The Kier molecular flexibility index (Phi) is 4.10. The maximum atomic E-state index is 12.3. The molecule has 0 fully saturated rings. The van der Waals surface area contributed by atoms with Crippen LogP contribution in [-0.2, 0) is 15.9 Å². The van der Waals surface area contributed by atoms with Crippen LogP contribution in [0.3, 0.4) is 0 Å². The Balaban J connectivity index is 2.42. The molecule has 19 heavy (non-hydrogen) atoms. The van der Waals surface area contributed by atoms with Crippen LogP contribution in [0, 0.1) is 0 Å². The number of benzene rings is 1. The van der Waals surface area contributed by atoms with Gasteiger partial charge in [0.15, 0.2) is 0 Å². The van der Waals surface area contributed by atoms with E-state index in [2.05, 4.69) is 0 Å². The van der Waals surface area contributed by atoms with E-state index in [1.807, 2.05) is 45.0 Å². The van der Waals surface area contributed by atoms with Crippen LogP contribution in [0.4, 0.5) is 10.5 Å². The minimum absolute atomic E-state index is 0.342. The van der Waals surface area contributed by atoms with Crippen LogP contribution in [0.5, 0.6) is 0 Å². The molecule has 1 atom stereocenters. The maximum absolute atomic E-state index is 12.3. The van der Waals surface area contributed by atoms with Crippen molar-refractivity contribution < 1.29 is 14.3 Å². The zero-order chi connectivity index (χ0) is 13.9. The van der Waals surface area contributed by atoms with Crippen molar-refractivity contribution in [3.63, 3.8) is 0 Å². The number of carbonyl (C=O) groups excluding carboxylic acids is 1. The Morgan fingerprint density at radius 3 is 2.74 bits per heavy atom. The van der Waals surface area contributed by atoms with Crippen LogP contribution in [0.1, 0.15) is 32.8 Å². The van der Waals surface area contributed by atoms with Gasteiger partial charge in [0.05, 0.1) is 12.3 Å². The molecule has 1 aliphatic rings. The molecule has 0 aliphatic carbocycles. The van der Waals surface area contributed by atoms with E-state index < -0.39 is 5.72 Å². The van der Waals surface area contributed by atoms with Crippen molar-refractivity contribution >= 4 is 11.8 Å². The first kappa shape index (κ1) is 13.9. The van der Waals surface area contributed by atoms with Crippen molar-refractivity contribution in [1.82, 2.24) is 0 Å². The monoisotopic (exact) mass is 263 g/mol. The Bertz CT molecular complexity index is 460. The quantitative estimate of drug-likeness (QED) is 0.839. The van der Waals surface area contributed by atoms with E-state index in [1.54, 1.807) is 4.90 Å². The summed E-state index contributed by atoms with van der Waals surface area (Å²) in [5.41, 5.74) is 1.42. The highest BCUT2D eigenvalue weighted by atomic mass is 16.6. The van der Waals surface area contributed by atoms with E-state index in [0.29, 0.717) is 13.2 Å². The predicted molar refractivity (Wildman–Crippen MR) is 74.3 cm³/mol. The maximum Gasteiger partial charge on any atom is 0.416 e. The smallest absolute Gasteiger partial charge is 0.416 e. The molecule has 1 amide bonds. The van der Waals surface area contributed by atoms with Gasteiger partial charge in [-0.1, -0.05) is 18.2 Å². The number of hydrogen-bond acceptors (Lipinski definition) is 3. The van der Waals surface area contributed by atoms with E-state index in [4.69, 9.17) is 9.47 Å². The molecule has 0 spiro atoms. The third-order valence-electron chi connectivity index (χ3n) is 3.47. The van der Waals surface area contributed by atoms with Crippen molar-refractivity contribution in [2.24, 2.45) is 0 Å². The summed E-state index contributed by atoms with van der Waals surface area (Å²) < 4.78 is 11.0. The van der Waals surface area contributed by atoms with Gasteiger partial charge in [-0.15, -0.1) is 0 Å². The molecule has 0 bridgehead atoms. The minimum atomic E-state index is -0.630. The lowest BCUT2D eigenvalue weighted by molar-refractivity contribution is -0.0349. The van der Waals surface area contributed by atoms with E-state index in [0.717, 1.165) is 24.1 Å². The number of para-hydroxylation sites is 1. The van der Waals surface area contributed by atoms with Crippen molar-refractivity contribution in [1.29, 1.82) is 0 Å². The van der Waals surface area contributed by atoms with Gasteiger partial charge >= 0.3 is 6.09 Å². The molecule has 1 aliphatic heterocycles. The van der Waals surface area contributed by atoms with Crippen LogP contribution < -0.4 is 4.90 Å². The number of anilines is 1. The lowest BCUT2D eigenvalue weighted by atomic mass is 9.94. The highest BCUT2D eigenvalue weighted by Crippen LogP contribution is 2.38. The van der Waals surface area contributed by atoms with Gasteiger partial charge in [0, 0.05) is 6.61 Å². The number of carbonyl (C=O) groups is 1. The molecule has 4 heteroatoms. The Morgan fingerprint density at radius 2 is 2.05 bits per heavy atom. The standard InChI is InChI=1S/C15H21NO3/c1-4-18-14(17)16-13-9-7-6-8-12(13)10-11-15(16,3)19-5-2/h6-9H,4-5,10-11H2,1-3H3. The van der Waals surface area contributed by atoms with E-state index in [-0.39, 0.29) is 6.09 Å². The minimum Gasteiger partial charge on any atom is -0.449 e. The summed E-state index contributed by atoms with van der Waals surface area (Å²) >= 11 is 0. The van der Waals surface area contributed by atoms with Gasteiger partial charge in [0.2, 0.25) is 0 Å². The largest absolute Gasteiger partial charge is 0.449 e. The fourth-order valence-corrected chi connectivity index (χ4v) is 2.60. The van der Waals surface area contributed by atoms with Crippen molar-refractivity contribution in [3.8, 4) is 0 Å². The average molecular weight is 263 g/mol. The molecule has 0 aromatic heterocycles. The van der Waals surface area contributed by atoms with Crippen LogP contribution in [0.2, 0.25) is 0 Å². The van der Waals surface area contributed by atoms with Gasteiger partial charge in [-0.05, 0) is 45.2 Å². The first-order valence-electron chi connectivity index (χ1n) is 6.81. The number of fused-ring (bicyclic) bond motifs is 1. The third kappa shape index (κ3) is 2.59. The predicted octanol–water partition coefficient (Wildman–Crippen LogP) is 3.35. The van der Waals surface area contributed by atoms with Crippen molar-refractivity contribution in [2.45, 2.75) is 39.3 Å². The summed E-state index contributed by atoms with van der Waals surface area (Å²) in [6, 6.07) is 7.92. The number of rotatable bonds is 3. The lowest BCUT2D eigenvalue weighted by Gasteiger charge is -2.44. The first-order valence-corrected chi connectivity index (χ1v) is 6.81. The molecule has 4 nitrogen and oxygen atoms in total. The molecule has 1 aromatic rings. The van der Waals surface area contributed by atoms with Crippen molar-refractivity contribution in [2.75, 3.05) is 18.1 Å². The molecule has 2 rings (SSSR count). The number of hydrogen-bond donors (Lipinski definition) is 0. The molecule has 1 unspecified atom stereocenters. The number of aryl methyl sites for hydroxylation is 1. The van der Waals surface area contributed by atoms with Gasteiger partial charge in [-0.3, -0.25) is 0 Å². The second kappa shape index (κ2) is 5.61. The summed E-state index contributed by atoms with van der Waals surface area (Å²) in [6.45, 7) is 6.62. The topological polar surface area (TPSA) is 38.8 Å². The first-order chi connectivity index (χ1) is 9.12. The number of nitrogens with zero attached hydrogens (tertiary/aromatic N) is 1. The van der Waals surface area contributed by atoms with Crippen LogP contribution in [0.25, 0.3) is 0 Å². The zero-order valence-corrected chi connectivity index (χ0v) is 11.8. The summed E-state index contributed by atoms with van der Waals surface area (Å²) in [6.07, 6.45) is 1.34. The molecule has 0 radical (unpaired) electrons. The summed E-state index contributed by atoms with van der Waals surface area (Å²) in [4.78, 5) is 13.9. The van der Waals surface area contributed by atoms with Crippen molar-refractivity contribution in [3.05, 3.63) is 29.8 Å². The second-order valence-electron chi connectivity index (χ2n) is 4.77. The van der Waals surface area contributed by atoms with E-state index in [1.165, 1.54) is 0 Å². The Morgan fingerprint density at radius 1 is 1.32 bits per heavy atom. The van der Waals surface area contributed by atoms with Crippen LogP contribution in [-0.4, -0.2) is 25.0 Å². The van der Waals surface area contributed by atoms with Gasteiger partial charge in [-0.25, -0.2) is 9.69 Å². The summed E-state index contributed by atoms with van der Waals surface area (Å²) in [7, 11) is 0. The molecule has 1 aromatic carbocycles. The number of ether oxygens (including phenoxy) is 2. The fraction of sp³-hybridized carbons (Fsp3) is 0.533. The zero-order valence-electron chi connectivity index (χ0n) is 11.8. The van der Waals surface area contributed by atoms with Crippen LogP contribution in [0.15, 0.2) is 24.3 Å². The van der Waals surface area contributed by atoms with Crippen LogP contribution >= 0.6 is 0 Å². The van der Waals surface area contributed by atoms with E-state index >= 15 is 0 Å². The third-order valence-corrected chi connectivity index (χ3v) is 3.47. The molecule has 0 N–H and O–H groups in total. The molecule has 1 heterocycles. The summed E-state index contributed by atoms with van der Waals surface area (Å²) in [5, 5.41) is 0. The molecule has 0 saturated carbocycles. The fourth-order valence-electron chi connectivity index (χ4n) is 2.60. The SMILES string of the molecule is CCOC(=O)N1c2ccccc2CCC1(C)OCC. The molecule has 0 saturated heterocycles.